The van der Waals surface area contributed by atoms with Gasteiger partial charge in [0.25, 0.3) is 11.8 Å². The molecule has 0 aromatic carbocycles. The molecule has 3 aromatic heterocycles. The lowest BCUT2D eigenvalue weighted by Crippen LogP contribution is -2.51. The molecule has 1 fully saturated rings. The summed E-state index contributed by atoms with van der Waals surface area (Å²) in [6, 6.07) is 5.30. The summed E-state index contributed by atoms with van der Waals surface area (Å²) in [6.07, 6.45) is -1.79. The van der Waals surface area contributed by atoms with Crippen LogP contribution in [0.2, 0.25) is 0 Å². The van der Waals surface area contributed by atoms with E-state index in [4.69, 9.17) is 9.47 Å². The molecule has 3 aromatic rings. The highest BCUT2D eigenvalue weighted by Crippen LogP contribution is 2.31. The van der Waals surface area contributed by atoms with Gasteiger partial charge in [-0.3, -0.25) is 9.20 Å². The number of rotatable bonds is 7. The Bertz CT molecular complexity index is 1460. The fourth-order valence-electron chi connectivity index (χ4n) is 3.73. The molecular weight excluding hydrogens is 521 g/mol. The molecule has 4 heterocycles. The molecule has 15 heteroatoms. The molecule has 1 aliphatic rings. The van der Waals surface area contributed by atoms with Crippen molar-refractivity contribution in [3.8, 4) is 17.4 Å². The van der Waals surface area contributed by atoms with Gasteiger partial charge >= 0.3 is 12.1 Å². The minimum absolute atomic E-state index is 0.0145. The van der Waals surface area contributed by atoms with Gasteiger partial charge in [0.15, 0.2) is 23.7 Å². The Kier molecular flexibility index (Phi) is 6.75. The smallest absolute Gasteiger partial charge is 0.422 e. The van der Waals surface area contributed by atoms with Crippen molar-refractivity contribution in [2.45, 2.75) is 31.5 Å². The molecule has 0 spiro atoms. The molecular formula is C22H21F3N4O7S. The lowest BCUT2D eigenvalue weighted by molar-refractivity contribution is -0.153. The number of halogens is 3. The Hall–Kier alpha value is -3.88. The summed E-state index contributed by atoms with van der Waals surface area (Å²) < 4.78 is 72.5. The van der Waals surface area contributed by atoms with Crippen LogP contribution >= 0.6 is 0 Å². The van der Waals surface area contributed by atoms with Crippen LogP contribution in [0.25, 0.3) is 5.65 Å². The zero-order valence-electron chi connectivity index (χ0n) is 19.3. The number of carboxylic acid groups (broad SMARTS) is 1. The maximum absolute atomic E-state index is 13.0. The van der Waals surface area contributed by atoms with E-state index in [2.05, 4.69) is 15.3 Å². The number of carboxylic acids is 1. The Morgan fingerprint density at radius 1 is 1.22 bits per heavy atom. The highest BCUT2D eigenvalue weighted by atomic mass is 32.2. The Balaban J connectivity index is 1.62. The molecule has 0 atom stereocenters. The summed E-state index contributed by atoms with van der Waals surface area (Å²) >= 11 is 0. The van der Waals surface area contributed by atoms with Gasteiger partial charge in [0.05, 0.1) is 17.7 Å². The van der Waals surface area contributed by atoms with Crippen molar-refractivity contribution in [2.75, 3.05) is 18.1 Å². The topological polar surface area (TPSA) is 149 Å². The molecule has 0 aliphatic carbocycles. The van der Waals surface area contributed by atoms with Gasteiger partial charge in [-0.25, -0.2) is 23.2 Å². The summed E-state index contributed by atoms with van der Waals surface area (Å²) in [5, 5.41) is 12.5. The van der Waals surface area contributed by atoms with Crippen LogP contribution in [0, 0.1) is 0 Å². The lowest BCUT2D eigenvalue weighted by Gasteiger charge is -2.34. The minimum Gasteiger partial charge on any atom is -0.478 e. The highest BCUT2D eigenvalue weighted by molar-refractivity contribution is 7.91. The summed E-state index contributed by atoms with van der Waals surface area (Å²) in [6.45, 7) is 0.106. The van der Waals surface area contributed by atoms with Crippen LogP contribution in [0.15, 0.2) is 36.7 Å². The molecule has 4 rings (SSSR count). The van der Waals surface area contributed by atoms with E-state index in [9.17, 15) is 36.3 Å². The van der Waals surface area contributed by atoms with E-state index in [0.29, 0.717) is 0 Å². The monoisotopic (exact) mass is 542 g/mol. The molecule has 37 heavy (non-hydrogen) atoms. The number of carbonyl (C=O) groups excluding carboxylic acids is 1. The van der Waals surface area contributed by atoms with E-state index >= 15 is 0 Å². The minimum atomic E-state index is -4.58. The van der Waals surface area contributed by atoms with Gasteiger partial charge in [-0.15, -0.1) is 0 Å². The van der Waals surface area contributed by atoms with Crippen molar-refractivity contribution in [1.82, 2.24) is 19.7 Å². The first-order valence-corrected chi connectivity index (χ1v) is 12.7. The van der Waals surface area contributed by atoms with Crippen molar-refractivity contribution in [3.05, 3.63) is 48.0 Å². The predicted molar refractivity (Wildman–Crippen MR) is 122 cm³/mol. The lowest BCUT2D eigenvalue weighted by atomic mass is 9.94. The number of aromatic carboxylic acids is 1. The second-order valence-corrected chi connectivity index (χ2v) is 11.0. The van der Waals surface area contributed by atoms with Crippen LogP contribution in [0.5, 0.6) is 17.4 Å². The van der Waals surface area contributed by atoms with Gasteiger partial charge in [-0.1, -0.05) is 0 Å². The number of nitrogens with one attached hydrogen (secondary N) is 1. The van der Waals surface area contributed by atoms with Gasteiger partial charge in [-0.05, 0) is 44.0 Å². The van der Waals surface area contributed by atoms with Crippen LogP contribution in [-0.4, -0.2) is 69.6 Å². The average molecular weight is 542 g/mol. The van der Waals surface area contributed by atoms with Gasteiger partial charge in [0.2, 0.25) is 0 Å². The average Bonchev–Trinajstić information content (AvgIpc) is 3.20. The molecule has 2 N–H and O–H groups in total. The van der Waals surface area contributed by atoms with Crippen molar-refractivity contribution in [2.24, 2.45) is 0 Å². The second kappa shape index (κ2) is 9.53. The first kappa shape index (κ1) is 26.2. The molecule has 1 saturated heterocycles. The number of ether oxygens (including phenoxy) is 2. The Morgan fingerprint density at radius 2 is 1.92 bits per heavy atom. The summed E-state index contributed by atoms with van der Waals surface area (Å²) in [5.41, 5.74) is -1.67. The predicted octanol–water partition coefficient (Wildman–Crippen LogP) is 2.86. The summed E-state index contributed by atoms with van der Waals surface area (Å²) in [5.74, 6) is -3.07. The molecule has 0 unspecified atom stereocenters. The number of aromatic nitrogens is 3. The van der Waals surface area contributed by atoms with Gasteiger partial charge < -0.3 is 19.9 Å². The number of sulfone groups is 1. The third kappa shape index (κ3) is 6.10. The third-order valence-corrected chi connectivity index (χ3v) is 7.35. The van der Waals surface area contributed by atoms with E-state index in [1.165, 1.54) is 36.7 Å². The third-order valence-electron chi connectivity index (χ3n) is 5.70. The van der Waals surface area contributed by atoms with Gasteiger partial charge in [0, 0.05) is 11.7 Å². The summed E-state index contributed by atoms with van der Waals surface area (Å²) in [7, 11) is -3.19. The maximum Gasteiger partial charge on any atom is 0.422 e. The van der Waals surface area contributed by atoms with E-state index in [1.54, 1.807) is 6.92 Å². The van der Waals surface area contributed by atoms with E-state index in [1.807, 2.05) is 0 Å². The Morgan fingerprint density at radius 3 is 2.57 bits per heavy atom. The molecule has 198 valence electrons. The number of alkyl halides is 3. The van der Waals surface area contributed by atoms with E-state index < -0.39 is 51.4 Å². The number of carbonyl (C=O) groups is 2. The summed E-state index contributed by atoms with van der Waals surface area (Å²) in [4.78, 5) is 33.0. The normalized spacial score (nSPS) is 16.8. The second-order valence-electron chi connectivity index (χ2n) is 8.69. The van der Waals surface area contributed by atoms with Crippen molar-refractivity contribution in [3.63, 3.8) is 0 Å². The number of fused-ring (bicyclic) bond motifs is 1. The molecule has 0 saturated carbocycles. The largest absolute Gasteiger partial charge is 0.478 e. The molecule has 0 radical (unpaired) electrons. The molecule has 1 amide bonds. The quantitative estimate of drug-likeness (QED) is 0.460. The van der Waals surface area contributed by atoms with Crippen LogP contribution in [0.3, 0.4) is 0 Å². The van der Waals surface area contributed by atoms with Gasteiger partial charge in [0.1, 0.15) is 21.2 Å². The molecule has 1 aliphatic heterocycles. The van der Waals surface area contributed by atoms with E-state index in [-0.39, 0.29) is 47.4 Å². The number of nitrogens with zero attached hydrogens (tertiary/aromatic N) is 3. The van der Waals surface area contributed by atoms with Crippen LogP contribution in [0.1, 0.15) is 40.7 Å². The Labute approximate surface area is 208 Å². The van der Waals surface area contributed by atoms with Gasteiger partial charge in [-0.2, -0.15) is 13.2 Å². The number of hydrogen-bond acceptors (Lipinski definition) is 8. The number of pyridine rings is 2. The molecule has 11 nitrogen and oxygen atoms in total. The highest BCUT2D eigenvalue weighted by Gasteiger charge is 2.36. The van der Waals surface area contributed by atoms with Crippen molar-refractivity contribution < 1.29 is 45.8 Å². The van der Waals surface area contributed by atoms with Crippen LogP contribution < -0.4 is 14.8 Å². The number of imidazole rings is 1. The zero-order valence-corrected chi connectivity index (χ0v) is 20.1. The van der Waals surface area contributed by atoms with E-state index in [0.717, 1.165) is 4.40 Å². The first-order chi connectivity index (χ1) is 17.3. The van der Waals surface area contributed by atoms with Crippen molar-refractivity contribution in [1.29, 1.82) is 0 Å². The number of hydrogen-bond donors (Lipinski definition) is 2. The van der Waals surface area contributed by atoms with Crippen LogP contribution in [-0.2, 0) is 9.84 Å². The SMILES string of the molecule is CC1(NC(=O)c2nc3ccc(Oc4ncccc4OCC(F)(F)F)cn3c2C(=O)O)CCS(=O)(=O)CC1. The fraction of sp³-hybridized carbons (Fsp3) is 0.364. The first-order valence-electron chi connectivity index (χ1n) is 10.9. The van der Waals surface area contributed by atoms with Crippen LogP contribution in [0.4, 0.5) is 13.2 Å². The van der Waals surface area contributed by atoms with Crippen molar-refractivity contribution >= 4 is 27.4 Å². The number of amides is 1. The zero-order chi connectivity index (χ0) is 27.0. The fourth-order valence-corrected chi connectivity index (χ4v) is 5.46. The standard InChI is InChI=1S/C22H21F3N4O7S/c1-21(6-9-37(33,34)10-7-21)28-18(30)16-17(20(31)32)29-11-13(4-5-15(29)27-16)36-19-14(3-2-8-26-19)35-12-22(23,24)25/h2-5,8,11H,6-7,9-10,12H2,1H3,(H,28,30)(H,31,32). The maximum atomic E-state index is 13.0. The molecule has 0 bridgehead atoms.